The molecule has 0 bridgehead atoms. The molecule has 0 spiro atoms. The van der Waals surface area contributed by atoms with E-state index in [4.69, 9.17) is 14.2 Å². The van der Waals surface area contributed by atoms with Gasteiger partial charge in [-0.2, -0.15) is 0 Å². The number of ether oxygens (including phenoxy) is 3. The van der Waals surface area contributed by atoms with E-state index in [1.54, 1.807) is 0 Å². The first-order valence-electron chi connectivity index (χ1n) is 37.2. The highest BCUT2D eigenvalue weighted by atomic mass is 16.6. The molecule has 0 aromatic rings. The van der Waals surface area contributed by atoms with E-state index < -0.39 is 6.10 Å². The van der Waals surface area contributed by atoms with Gasteiger partial charge >= 0.3 is 17.9 Å². The van der Waals surface area contributed by atoms with Crippen molar-refractivity contribution in [3.05, 3.63) is 12.2 Å². The molecule has 0 aliphatic carbocycles. The van der Waals surface area contributed by atoms with Crippen molar-refractivity contribution in [1.82, 2.24) is 0 Å². The normalized spacial score (nSPS) is 12.0. The Morgan fingerprint density at radius 1 is 0.235 bits per heavy atom. The first-order chi connectivity index (χ1) is 40.0. The third kappa shape index (κ3) is 68.8. The number of carbonyl (C=O) groups is 3. The molecule has 6 heteroatoms. The van der Waals surface area contributed by atoms with Crippen molar-refractivity contribution in [1.29, 1.82) is 0 Å². The molecule has 0 aromatic carbocycles. The fraction of sp³-hybridized carbons (Fsp3) is 0.933. The number of hydrogen-bond acceptors (Lipinski definition) is 6. The van der Waals surface area contributed by atoms with Gasteiger partial charge < -0.3 is 14.2 Å². The van der Waals surface area contributed by atoms with Crippen molar-refractivity contribution in [3.63, 3.8) is 0 Å². The standard InChI is InChI=1S/C75H144O6/c1-4-7-10-13-16-19-22-24-26-28-30-32-33-34-35-36-37-38-39-40-41-43-44-46-48-50-53-56-59-62-65-68-74(77)80-71-72(70-79-73(76)67-64-61-58-55-52-21-18-15-12-9-6-3)81-75(78)69-66-63-60-57-54-51-49-47-45-42-31-29-27-25-23-20-17-14-11-8-5-2/h28,30,72H,4-27,29,31-71H2,1-3H3/b30-28-. The van der Waals surface area contributed by atoms with Crippen LogP contribution in [0.3, 0.4) is 0 Å². The Balaban J connectivity index is 4.08. The predicted molar refractivity (Wildman–Crippen MR) is 353 cm³/mol. The second-order valence-corrected chi connectivity index (χ2v) is 25.6. The molecule has 0 heterocycles. The summed E-state index contributed by atoms with van der Waals surface area (Å²) in [5, 5.41) is 0. The fourth-order valence-corrected chi connectivity index (χ4v) is 11.7. The molecule has 0 fully saturated rings. The van der Waals surface area contributed by atoms with Crippen LogP contribution < -0.4 is 0 Å². The maximum Gasteiger partial charge on any atom is 0.306 e. The van der Waals surface area contributed by atoms with Crippen LogP contribution in [0, 0.1) is 0 Å². The lowest BCUT2D eigenvalue weighted by atomic mass is 10.0. The number of carbonyl (C=O) groups excluding carboxylic acids is 3. The zero-order valence-corrected chi connectivity index (χ0v) is 55.4. The monoisotopic (exact) mass is 1140 g/mol. The summed E-state index contributed by atoms with van der Waals surface area (Å²) >= 11 is 0. The van der Waals surface area contributed by atoms with Crippen molar-refractivity contribution < 1.29 is 28.6 Å². The van der Waals surface area contributed by atoms with Gasteiger partial charge in [0.05, 0.1) is 0 Å². The molecule has 0 radical (unpaired) electrons. The van der Waals surface area contributed by atoms with Gasteiger partial charge in [0.15, 0.2) is 6.10 Å². The van der Waals surface area contributed by atoms with Gasteiger partial charge in [0.1, 0.15) is 13.2 Å². The highest BCUT2D eigenvalue weighted by Crippen LogP contribution is 2.19. The van der Waals surface area contributed by atoms with Crippen LogP contribution in [0.5, 0.6) is 0 Å². The maximum atomic E-state index is 12.9. The van der Waals surface area contributed by atoms with Gasteiger partial charge in [0.2, 0.25) is 0 Å². The van der Waals surface area contributed by atoms with Gasteiger partial charge in [-0.3, -0.25) is 14.4 Å². The fourth-order valence-electron chi connectivity index (χ4n) is 11.7. The summed E-state index contributed by atoms with van der Waals surface area (Å²) in [4.78, 5) is 38.4. The molecule has 0 amide bonds. The van der Waals surface area contributed by atoms with Crippen LogP contribution in [0.2, 0.25) is 0 Å². The summed E-state index contributed by atoms with van der Waals surface area (Å²) < 4.78 is 17.0. The molecule has 0 rings (SSSR count). The van der Waals surface area contributed by atoms with E-state index in [1.165, 1.54) is 334 Å². The molecule has 0 saturated heterocycles. The van der Waals surface area contributed by atoms with Gasteiger partial charge in [-0.15, -0.1) is 0 Å². The lowest BCUT2D eigenvalue weighted by molar-refractivity contribution is -0.167. The summed E-state index contributed by atoms with van der Waals surface area (Å²) in [5.41, 5.74) is 0. The number of unbranched alkanes of at least 4 members (excludes halogenated alkanes) is 57. The van der Waals surface area contributed by atoms with Crippen LogP contribution >= 0.6 is 0 Å². The van der Waals surface area contributed by atoms with Crippen LogP contribution in [-0.2, 0) is 28.6 Å². The summed E-state index contributed by atoms with van der Waals surface area (Å²) in [5.74, 6) is -0.825. The van der Waals surface area contributed by atoms with Crippen molar-refractivity contribution >= 4 is 17.9 Å². The minimum atomic E-state index is -0.764. The van der Waals surface area contributed by atoms with Crippen LogP contribution in [0.4, 0.5) is 0 Å². The molecule has 0 aromatic heterocycles. The molecule has 81 heavy (non-hydrogen) atoms. The highest BCUT2D eigenvalue weighted by molar-refractivity contribution is 5.71. The second-order valence-electron chi connectivity index (χ2n) is 25.6. The van der Waals surface area contributed by atoms with E-state index in [0.29, 0.717) is 19.3 Å². The molecule has 0 N–H and O–H groups in total. The quantitative estimate of drug-likeness (QED) is 0.0261. The average molecular weight is 1140 g/mol. The van der Waals surface area contributed by atoms with Crippen LogP contribution in [0.15, 0.2) is 12.2 Å². The molecular formula is C75H144O6. The number of hydrogen-bond donors (Lipinski definition) is 0. The molecule has 1 unspecified atom stereocenters. The second kappa shape index (κ2) is 70.6. The van der Waals surface area contributed by atoms with Crippen LogP contribution in [-0.4, -0.2) is 37.2 Å². The minimum absolute atomic E-state index is 0.0618. The largest absolute Gasteiger partial charge is 0.462 e. The Bertz CT molecular complexity index is 1260. The summed E-state index contributed by atoms with van der Waals surface area (Å²) in [6.07, 6.45) is 85.5. The number of allylic oxidation sites excluding steroid dienone is 2. The first kappa shape index (κ1) is 79.2. The van der Waals surface area contributed by atoms with Crippen molar-refractivity contribution in [2.45, 2.75) is 438 Å². The predicted octanol–water partition coefficient (Wildman–Crippen LogP) is 25.6. The molecule has 0 aliphatic heterocycles. The molecule has 0 saturated carbocycles. The van der Waals surface area contributed by atoms with Gasteiger partial charge in [-0.05, 0) is 44.9 Å². The molecule has 1 atom stereocenters. The Kier molecular flexibility index (Phi) is 69.0. The van der Waals surface area contributed by atoms with E-state index in [0.717, 1.165) is 57.8 Å². The van der Waals surface area contributed by atoms with E-state index >= 15 is 0 Å². The van der Waals surface area contributed by atoms with Gasteiger partial charge in [0.25, 0.3) is 0 Å². The van der Waals surface area contributed by atoms with Gasteiger partial charge in [-0.1, -0.05) is 380 Å². The smallest absolute Gasteiger partial charge is 0.306 e. The molecular weight excluding hydrogens is 997 g/mol. The lowest BCUT2D eigenvalue weighted by Crippen LogP contribution is -2.30. The average Bonchev–Trinajstić information content (AvgIpc) is 3.47. The molecule has 6 nitrogen and oxygen atoms in total. The zero-order chi connectivity index (χ0) is 58.5. The summed E-state index contributed by atoms with van der Waals surface area (Å²) in [7, 11) is 0. The maximum absolute atomic E-state index is 12.9. The minimum Gasteiger partial charge on any atom is -0.462 e. The SMILES string of the molecule is CCCCCCCCCC/C=C\CCCCCCCCCCCCCCCCCCCCCC(=O)OCC(COC(=O)CCCCCCCCCCCCC)OC(=O)CCCCCCCCCCCCCCCCCCCCCCC. The highest BCUT2D eigenvalue weighted by Gasteiger charge is 2.20. The van der Waals surface area contributed by atoms with Crippen molar-refractivity contribution in [3.8, 4) is 0 Å². The van der Waals surface area contributed by atoms with E-state index in [-0.39, 0.29) is 31.1 Å². The van der Waals surface area contributed by atoms with Crippen LogP contribution in [0.25, 0.3) is 0 Å². The van der Waals surface area contributed by atoms with Crippen molar-refractivity contribution in [2.24, 2.45) is 0 Å². The Hall–Kier alpha value is -1.85. The molecule has 0 aliphatic rings. The zero-order valence-electron chi connectivity index (χ0n) is 55.4. The first-order valence-corrected chi connectivity index (χ1v) is 37.2. The summed E-state index contributed by atoms with van der Waals surface area (Å²) in [6, 6.07) is 0. The topological polar surface area (TPSA) is 78.9 Å². The Morgan fingerprint density at radius 3 is 0.617 bits per heavy atom. The number of rotatable bonds is 70. The summed E-state index contributed by atoms with van der Waals surface area (Å²) in [6.45, 7) is 6.73. The lowest BCUT2D eigenvalue weighted by Gasteiger charge is -2.18. The van der Waals surface area contributed by atoms with Crippen molar-refractivity contribution in [2.75, 3.05) is 13.2 Å². The van der Waals surface area contributed by atoms with Gasteiger partial charge in [0, 0.05) is 19.3 Å². The van der Waals surface area contributed by atoms with E-state index in [1.807, 2.05) is 0 Å². The Labute approximate surface area is 507 Å². The Morgan fingerprint density at radius 2 is 0.407 bits per heavy atom. The number of esters is 3. The van der Waals surface area contributed by atoms with Crippen LogP contribution in [0.1, 0.15) is 432 Å². The third-order valence-electron chi connectivity index (χ3n) is 17.3. The van der Waals surface area contributed by atoms with E-state index in [9.17, 15) is 14.4 Å². The van der Waals surface area contributed by atoms with Gasteiger partial charge in [-0.25, -0.2) is 0 Å². The third-order valence-corrected chi connectivity index (χ3v) is 17.3. The van der Waals surface area contributed by atoms with E-state index in [2.05, 4.69) is 32.9 Å². The molecule has 480 valence electrons.